The standard InChI is InChI=1S/C24H29N3O3S2/c1-5-13-27(14-6-2)32(29,30)20-11-9-19(10-12-20)23(28)26-24-25-22(16-31-24)21-15-17(3)7-8-18(21)4/h7-12,15-16H,5-6,13-14H2,1-4H3,(H,25,26,28). The molecule has 2 aromatic carbocycles. The minimum Gasteiger partial charge on any atom is -0.298 e. The fourth-order valence-electron chi connectivity index (χ4n) is 3.41. The molecule has 1 N–H and O–H groups in total. The van der Waals surface area contributed by atoms with Crippen molar-refractivity contribution >= 4 is 32.4 Å². The van der Waals surface area contributed by atoms with Gasteiger partial charge >= 0.3 is 0 Å². The van der Waals surface area contributed by atoms with Crippen LogP contribution in [0, 0.1) is 13.8 Å². The smallest absolute Gasteiger partial charge is 0.257 e. The normalized spacial score (nSPS) is 11.7. The van der Waals surface area contributed by atoms with E-state index in [1.54, 1.807) is 0 Å². The molecule has 0 saturated carbocycles. The molecule has 0 saturated heterocycles. The zero-order chi connectivity index (χ0) is 23.3. The summed E-state index contributed by atoms with van der Waals surface area (Å²) in [5.41, 5.74) is 4.51. The van der Waals surface area contributed by atoms with E-state index in [0.29, 0.717) is 23.8 Å². The van der Waals surface area contributed by atoms with Crippen LogP contribution in [0.5, 0.6) is 0 Å². The number of nitrogens with one attached hydrogen (secondary N) is 1. The molecule has 3 aromatic rings. The van der Waals surface area contributed by atoms with E-state index in [9.17, 15) is 13.2 Å². The van der Waals surface area contributed by atoms with Gasteiger partial charge in [-0.25, -0.2) is 13.4 Å². The first-order valence-electron chi connectivity index (χ1n) is 10.7. The quantitative estimate of drug-likeness (QED) is 0.447. The highest BCUT2D eigenvalue weighted by Gasteiger charge is 2.23. The van der Waals surface area contributed by atoms with Crippen LogP contribution in [-0.4, -0.2) is 36.7 Å². The van der Waals surface area contributed by atoms with Crippen molar-refractivity contribution in [2.75, 3.05) is 18.4 Å². The molecule has 1 aromatic heterocycles. The number of aryl methyl sites for hydroxylation is 2. The molecule has 32 heavy (non-hydrogen) atoms. The molecule has 1 amide bonds. The molecule has 0 unspecified atom stereocenters. The number of nitrogens with zero attached hydrogens (tertiary/aromatic N) is 2. The van der Waals surface area contributed by atoms with E-state index in [1.165, 1.54) is 39.9 Å². The molecule has 8 heteroatoms. The Morgan fingerprint density at radius 1 is 1.03 bits per heavy atom. The topological polar surface area (TPSA) is 79.4 Å². The van der Waals surface area contributed by atoms with Gasteiger partial charge in [-0.2, -0.15) is 4.31 Å². The minimum absolute atomic E-state index is 0.197. The molecule has 0 bridgehead atoms. The Labute approximate surface area is 194 Å². The molecule has 0 radical (unpaired) electrons. The highest BCUT2D eigenvalue weighted by Crippen LogP contribution is 2.28. The summed E-state index contributed by atoms with van der Waals surface area (Å²) < 4.78 is 27.3. The Kier molecular flexibility index (Phi) is 7.82. The molecule has 0 fully saturated rings. The first-order valence-corrected chi connectivity index (χ1v) is 13.0. The average molecular weight is 472 g/mol. The number of aromatic nitrogens is 1. The second-order valence-electron chi connectivity index (χ2n) is 7.74. The van der Waals surface area contributed by atoms with Gasteiger partial charge in [-0.15, -0.1) is 11.3 Å². The Hall–Kier alpha value is -2.55. The maximum absolute atomic E-state index is 12.9. The SMILES string of the molecule is CCCN(CCC)S(=O)(=O)c1ccc(C(=O)Nc2nc(-c3cc(C)ccc3C)cs2)cc1. The number of rotatable bonds is 9. The first kappa shape index (κ1) is 24.1. The number of hydrogen-bond donors (Lipinski definition) is 1. The maximum Gasteiger partial charge on any atom is 0.257 e. The minimum atomic E-state index is -3.57. The zero-order valence-corrected chi connectivity index (χ0v) is 20.5. The van der Waals surface area contributed by atoms with Gasteiger partial charge in [0, 0.05) is 29.6 Å². The van der Waals surface area contributed by atoms with E-state index >= 15 is 0 Å². The van der Waals surface area contributed by atoms with Crippen molar-refractivity contribution in [3.8, 4) is 11.3 Å². The van der Waals surface area contributed by atoms with Crippen molar-refractivity contribution in [3.05, 3.63) is 64.5 Å². The summed E-state index contributed by atoms with van der Waals surface area (Å²) in [6.45, 7) is 8.93. The van der Waals surface area contributed by atoms with Gasteiger partial charge in [-0.05, 0) is 62.6 Å². The van der Waals surface area contributed by atoms with E-state index in [2.05, 4.69) is 28.5 Å². The second kappa shape index (κ2) is 10.4. The van der Waals surface area contributed by atoms with Crippen LogP contribution in [-0.2, 0) is 10.0 Å². The molecular formula is C24H29N3O3S2. The van der Waals surface area contributed by atoms with Gasteiger partial charge in [-0.3, -0.25) is 10.1 Å². The van der Waals surface area contributed by atoms with Gasteiger partial charge in [0.05, 0.1) is 10.6 Å². The number of amides is 1. The molecule has 0 atom stereocenters. The Balaban J connectivity index is 1.74. The number of thiazole rings is 1. The van der Waals surface area contributed by atoms with Crippen molar-refractivity contribution in [1.29, 1.82) is 0 Å². The third-order valence-electron chi connectivity index (χ3n) is 5.09. The number of hydrogen-bond acceptors (Lipinski definition) is 5. The van der Waals surface area contributed by atoms with Crippen LogP contribution < -0.4 is 5.32 Å². The summed E-state index contributed by atoms with van der Waals surface area (Å²) in [5, 5.41) is 5.23. The number of anilines is 1. The molecule has 0 aliphatic heterocycles. The van der Waals surface area contributed by atoms with E-state index in [4.69, 9.17) is 0 Å². The van der Waals surface area contributed by atoms with Crippen molar-refractivity contribution in [2.45, 2.75) is 45.4 Å². The predicted octanol–water partition coefficient (Wildman–Crippen LogP) is 5.49. The highest BCUT2D eigenvalue weighted by molar-refractivity contribution is 7.89. The second-order valence-corrected chi connectivity index (χ2v) is 10.5. The van der Waals surface area contributed by atoms with Crippen LogP contribution in [0.4, 0.5) is 5.13 Å². The fraction of sp³-hybridized carbons (Fsp3) is 0.333. The summed E-state index contributed by atoms with van der Waals surface area (Å²) in [5.74, 6) is -0.324. The van der Waals surface area contributed by atoms with Crippen molar-refractivity contribution in [2.24, 2.45) is 0 Å². The average Bonchev–Trinajstić information content (AvgIpc) is 3.23. The Morgan fingerprint density at radius 2 is 1.69 bits per heavy atom. The van der Waals surface area contributed by atoms with Crippen LogP contribution >= 0.6 is 11.3 Å². The van der Waals surface area contributed by atoms with Gasteiger partial charge in [0.2, 0.25) is 10.0 Å². The van der Waals surface area contributed by atoms with Gasteiger partial charge in [0.1, 0.15) is 0 Å². The highest BCUT2D eigenvalue weighted by atomic mass is 32.2. The van der Waals surface area contributed by atoms with Crippen LogP contribution in [0.1, 0.15) is 48.2 Å². The van der Waals surface area contributed by atoms with Crippen LogP contribution in [0.15, 0.2) is 52.7 Å². The number of sulfonamides is 1. The lowest BCUT2D eigenvalue weighted by molar-refractivity contribution is 0.102. The van der Waals surface area contributed by atoms with Gasteiger partial charge in [0.25, 0.3) is 5.91 Å². The van der Waals surface area contributed by atoms with Crippen molar-refractivity contribution in [3.63, 3.8) is 0 Å². The summed E-state index contributed by atoms with van der Waals surface area (Å²) in [7, 11) is -3.57. The number of benzene rings is 2. The summed E-state index contributed by atoms with van der Waals surface area (Å²) in [4.78, 5) is 17.4. The van der Waals surface area contributed by atoms with Crippen LogP contribution in [0.2, 0.25) is 0 Å². The van der Waals surface area contributed by atoms with Gasteiger partial charge in [0.15, 0.2) is 5.13 Å². The van der Waals surface area contributed by atoms with Crippen LogP contribution in [0.3, 0.4) is 0 Å². The predicted molar refractivity (Wildman–Crippen MR) is 131 cm³/mol. The van der Waals surface area contributed by atoms with Gasteiger partial charge in [-0.1, -0.05) is 31.5 Å². The fourth-order valence-corrected chi connectivity index (χ4v) is 5.74. The number of carbonyl (C=O) groups is 1. The summed E-state index contributed by atoms with van der Waals surface area (Å²) in [6.07, 6.45) is 1.50. The van der Waals surface area contributed by atoms with E-state index in [1.807, 2.05) is 33.1 Å². The molecule has 3 rings (SSSR count). The van der Waals surface area contributed by atoms with Crippen molar-refractivity contribution in [1.82, 2.24) is 9.29 Å². The lowest BCUT2D eigenvalue weighted by Gasteiger charge is -2.21. The lowest BCUT2D eigenvalue weighted by atomic mass is 10.0. The third kappa shape index (κ3) is 5.43. The van der Waals surface area contributed by atoms with E-state index in [0.717, 1.165) is 35.2 Å². The summed E-state index contributed by atoms with van der Waals surface area (Å²) in [6, 6.07) is 12.3. The first-order chi connectivity index (χ1) is 15.3. The van der Waals surface area contributed by atoms with E-state index < -0.39 is 10.0 Å². The largest absolute Gasteiger partial charge is 0.298 e. The molecular weight excluding hydrogens is 442 g/mol. The Morgan fingerprint density at radius 3 is 2.31 bits per heavy atom. The van der Waals surface area contributed by atoms with Gasteiger partial charge < -0.3 is 0 Å². The molecule has 6 nitrogen and oxygen atoms in total. The molecule has 0 aliphatic rings. The molecule has 170 valence electrons. The zero-order valence-electron chi connectivity index (χ0n) is 18.9. The molecule has 1 heterocycles. The monoisotopic (exact) mass is 471 g/mol. The molecule has 0 aliphatic carbocycles. The summed E-state index contributed by atoms with van der Waals surface area (Å²) >= 11 is 1.36. The third-order valence-corrected chi connectivity index (χ3v) is 7.76. The maximum atomic E-state index is 12.9. The van der Waals surface area contributed by atoms with Crippen LogP contribution in [0.25, 0.3) is 11.3 Å². The molecule has 0 spiro atoms. The van der Waals surface area contributed by atoms with Crippen molar-refractivity contribution < 1.29 is 13.2 Å². The lowest BCUT2D eigenvalue weighted by Crippen LogP contribution is -2.32. The van der Waals surface area contributed by atoms with E-state index in [-0.39, 0.29) is 10.8 Å². The Bertz CT molecular complexity index is 1180. The number of carbonyl (C=O) groups excluding carboxylic acids is 1.